The molecule has 0 aliphatic carbocycles. The largest absolute Gasteiger partial charge is 0.497 e. The Bertz CT molecular complexity index is 888. The van der Waals surface area contributed by atoms with Crippen LogP contribution in [0, 0.1) is 5.41 Å². The van der Waals surface area contributed by atoms with E-state index in [-0.39, 0.29) is 17.9 Å². The van der Waals surface area contributed by atoms with E-state index in [0.29, 0.717) is 0 Å². The molecule has 0 aromatic heterocycles. The Kier molecular flexibility index (Phi) is 7.36. The number of amides is 1. The molecule has 0 bridgehead atoms. The van der Waals surface area contributed by atoms with E-state index in [1.807, 2.05) is 36.2 Å². The molecule has 4 rings (SSSR count). The number of fused-ring (bicyclic) bond motifs is 1. The highest BCUT2D eigenvalue weighted by Gasteiger charge is 2.36. The lowest BCUT2D eigenvalue weighted by molar-refractivity contribution is -0.134. The van der Waals surface area contributed by atoms with Crippen molar-refractivity contribution in [1.82, 2.24) is 9.80 Å². The number of piperidine rings is 1. The van der Waals surface area contributed by atoms with Crippen molar-refractivity contribution in [2.24, 2.45) is 5.41 Å². The number of carbonyl (C=O) groups excluding carboxylic acids is 1. The van der Waals surface area contributed by atoms with Crippen LogP contribution in [0.5, 0.6) is 11.5 Å². The minimum absolute atomic E-state index is 0.0698. The van der Waals surface area contributed by atoms with Crippen molar-refractivity contribution in [2.75, 3.05) is 40.4 Å². The van der Waals surface area contributed by atoms with Gasteiger partial charge in [0, 0.05) is 20.1 Å². The zero-order valence-corrected chi connectivity index (χ0v) is 19.5. The topological polar surface area (TPSA) is 42.0 Å². The first-order valence-electron chi connectivity index (χ1n) is 11.9. The second kappa shape index (κ2) is 10.4. The molecule has 0 N–H and O–H groups in total. The maximum atomic E-state index is 12.8. The first kappa shape index (κ1) is 22.7. The molecule has 1 spiro atoms. The third-order valence-corrected chi connectivity index (χ3v) is 7.21. The van der Waals surface area contributed by atoms with Crippen LogP contribution < -0.4 is 9.47 Å². The average molecular weight is 437 g/mol. The van der Waals surface area contributed by atoms with E-state index in [0.717, 1.165) is 63.4 Å². The summed E-state index contributed by atoms with van der Waals surface area (Å²) in [5.41, 5.74) is 2.75. The van der Waals surface area contributed by atoms with Gasteiger partial charge in [0.2, 0.25) is 0 Å². The molecule has 0 unspecified atom stereocenters. The molecule has 0 saturated carbocycles. The summed E-state index contributed by atoms with van der Waals surface area (Å²) in [5.74, 6) is 1.83. The van der Waals surface area contributed by atoms with Gasteiger partial charge >= 0.3 is 0 Å². The number of aryl methyl sites for hydroxylation is 1. The lowest BCUT2D eigenvalue weighted by Gasteiger charge is -2.44. The molecule has 2 aromatic carbocycles. The third-order valence-electron chi connectivity index (χ3n) is 7.21. The standard InChI is InChI=1S/C27H36N2O3/c1-28-21-27(14-6-5-8-23-7-3-4-9-25(23)32-20-26(28)30)15-17-29(18-16-27)19-22-10-12-24(31-2)13-11-22/h3-4,7,9-13H,5-6,8,14-21H2,1-2H3. The third kappa shape index (κ3) is 5.63. The highest BCUT2D eigenvalue weighted by Crippen LogP contribution is 2.38. The van der Waals surface area contributed by atoms with Crippen LogP contribution in [0.15, 0.2) is 48.5 Å². The fraction of sp³-hybridized carbons (Fsp3) is 0.519. The predicted octanol–water partition coefficient (Wildman–Crippen LogP) is 4.54. The van der Waals surface area contributed by atoms with Gasteiger partial charge in [0.15, 0.2) is 6.61 Å². The SMILES string of the molecule is COc1ccc(CN2CCC3(CCCCc4ccccc4OCC(=O)N(C)C3)CC2)cc1. The molecule has 2 aliphatic rings. The number of ether oxygens (including phenoxy) is 2. The van der Waals surface area contributed by atoms with Gasteiger partial charge in [0.1, 0.15) is 11.5 Å². The van der Waals surface area contributed by atoms with Gasteiger partial charge in [-0.25, -0.2) is 0 Å². The minimum atomic E-state index is 0.0698. The summed E-state index contributed by atoms with van der Waals surface area (Å²) in [6.45, 7) is 4.07. The smallest absolute Gasteiger partial charge is 0.260 e. The minimum Gasteiger partial charge on any atom is -0.497 e. The van der Waals surface area contributed by atoms with E-state index in [1.165, 1.54) is 24.0 Å². The van der Waals surface area contributed by atoms with Crippen LogP contribution in [0.3, 0.4) is 0 Å². The van der Waals surface area contributed by atoms with Gasteiger partial charge < -0.3 is 14.4 Å². The van der Waals surface area contributed by atoms with Gasteiger partial charge in [0.25, 0.3) is 5.91 Å². The van der Waals surface area contributed by atoms with E-state index in [9.17, 15) is 4.79 Å². The summed E-state index contributed by atoms with van der Waals surface area (Å²) in [7, 11) is 3.64. The van der Waals surface area contributed by atoms with Gasteiger partial charge in [-0.2, -0.15) is 0 Å². The summed E-state index contributed by atoms with van der Waals surface area (Å²) in [5, 5.41) is 0. The van der Waals surface area contributed by atoms with Crippen molar-refractivity contribution in [3.05, 3.63) is 59.7 Å². The van der Waals surface area contributed by atoms with Gasteiger partial charge in [-0.1, -0.05) is 36.8 Å². The van der Waals surface area contributed by atoms with E-state index in [1.54, 1.807) is 7.11 Å². The number of para-hydroxylation sites is 1. The van der Waals surface area contributed by atoms with Crippen molar-refractivity contribution in [1.29, 1.82) is 0 Å². The molecular weight excluding hydrogens is 400 g/mol. The molecule has 5 heteroatoms. The normalized spacial score (nSPS) is 20.1. The number of nitrogens with zero attached hydrogens (tertiary/aromatic N) is 2. The zero-order valence-electron chi connectivity index (χ0n) is 19.5. The van der Waals surface area contributed by atoms with Crippen molar-refractivity contribution in [2.45, 2.75) is 45.1 Å². The second-order valence-corrected chi connectivity index (χ2v) is 9.48. The van der Waals surface area contributed by atoms with E-state index in [4.69, 9.17) is 9.47 Å². The van der Waals surface area contributed by atoms with E-state index < -0.39 is 0 Å². The number of likely N-dealkylation sites (N-methyl/N-ethyl adjacent to an activating group) is 1. The molecule has 0 atom stereocenters. The number of hydrogen-bond donors (Lipinski definition) is 0. The predicted molar refractivity (Wildman–Crippen MR) is 127 cm³/mol. The molecule has 1 saturated heterocycles. The van der Waals surface area contributed by atoms with Gasteiger partial charge in [-0.3, -0.25) is 9.69 Å². The van der Waals surface area contributed by atoms with Crippen LogP contribution in [0.4, 0.5) is 0 Å². The summed E-state index contributed by atoms with van der Waals surface area (Å²) in [6, 6.07) is 16.5. The molecule has 2 aliphatic heterocycles. The highest BCUT2D eigenvalue weighted by molar-refractivity contribution is 5.77. The molecular formula is C27H36N2O3. The van der Waals surface area contributed by atoms with Crippen LogP contribution in [-0.2, 0) is 17.8 Å². The number of hydrogen-bond acceptors (Lipinski definition) is 4. The summed E-state index contributed by atoms with van der Waals surface area (Å²) < 4.78 is 11.2. The number of likely N-dealkylation sites (tertiary alicyclic amines) is 1. The number of carbonyl (C=O) groups is 1. The van der Waals surface area contributed by atoms with Crippen LogP contribution in [0.2, 0.25) is 0 Å². The Morgan fingerprint density at radius 3 is 2.50 bits per heavy atom. The summed E-state index contributed by atoms with van der Waals surface area (Å²) >= 11 is 0. The van der Waals surface area contributed by atoms with Crippen LogP contribution >= 0.6 is 0 Å². The van der Waals surface area contributed by atoms with Gasteiger partial charge in [-0.05, 0) is 79.9 Å². The molecule has 2 heterocycles. The average Bonchev–Trinajstić information content (AvgIpc) is 2.82. The molecule has 32 heavy (non-hydrogen) atoms. The van der Waals surface area contributed by atoms with E-state index >= 15 is 0 Å². The Hall–Kier alpha value is -2.53. The fourth-order valence-electron chi connectivity index (χ4n) is 5.17. The van der Waals surface area contributed by atoms with Crippen molar-refractivity contribution in [3.8, 4) is 11.5 Å². The highest BCUT2D eigenvalue weighted by atomic mass is 16.5. The Morgan fingerprint density at radius 1 is 1.00 bits per heavy atom. The molecule has 0 radical (unpaired) electrons. The summed E-state index contributed by atoms with van der Waals surface area (Å²) in [4.78, 5) is 17.3. The van der Waals surface area contributed by atoms with Crippen LogP contribution in [-0.4, -0.2) is 56.1 Å². The van der Waals surface area contributed by atoms with Crippen molar-refractivity contribution >= 4 is 5.91 Å². The quantitative estimate of drug-likeness (QED) is 0.708. The maximum Gasteiger partial charge on any atom is 0.260 e. The lowest BCUT2D eigenvalue weighted by Crippen LogP contribution is -2.47. The van der Waals surface area contributed by atoms with Crippen molar-refractivity contribution in [3.63, 3.8) is 0 Å². The Balaban J connectivity index is 1.39. The first-order valence-corrected chi connectivity index (χ1v) is 11.9. The molecule has 172 valence electrons. The Morgan fingerprint density at radius 2 is 1.75 bits per heavy atom. The molecule has 1 fully saturated rings. The van der Waals surface area contributed by atoms with Gasteiger partial charge in [-0.15, -0.1) is 0 Å². The van der Waals surface area contributed by atoms with Gasteiger partial charge in [0.05, 0.1) is 7.11 Å². The second-order valence-electron chi connectivity index (χ2n) is 9.48. The lowest BCUT2D eigenvalue weighted by atomic mass is 9.73. The molecule has 5 nitrogen and oxygen atoms in total. The first-order chi connectivity index (χ1) is 15.6. The number of benzene rings is 2. The van der Waals surface area contributed by atoms with Crippen molar-refractivity contribution < 1.29 is 14.3 Å². The number of methoxy groups -OCH3 is 1. The van der Waals surface area contributed by atoms with Crippen LogP contribution in [0.1, 0.15) is 43.2 Å². The zero-order chi connectivity index (χ0) is 22.4. The van der Waals surface area contributed by atoms with E-state index in [2.05, 4.69) is 29.2 Å². The Labute approximate surface area is 192 Å². The fourth-order valence-corrected chi connectivity index (χ4v) is 5.17. The molecule has 2 aromatic rings. The maximum absolute atomic E-state index is 12.8. The summed E-state index contributed by atoms with van der Waals surface area (Å²) in [6.07, 6.45) is 6.82. The number of rotatable bonds is 3. The van der Waals surface area contributed by atoms with Crippen LogP contribution in [0.25, 0.3) is 0 Å². The molecule has 1 amide bonds. The monoisotopic (exact) mass is 436 g/mol.